The van der Waals surface area contributed by atoms with Gasteiger partial charge in [-0.25, -0.2) is 0 Å². The normalized spacial score (nSPS) is 36.0. The zero-order valence-electron chi connectivity index (χ0n) is 14.2. The first kappa shape index (κ1) is 16.3. The van der Waals surface area contributed by atoms with Crippen LogP contribution < -0.4 is 0 Å². The number of hydrogen-bond donors (Lipinski definition) is 0. The predicted molar refractivity (Wildman–Crippen MR) is 85.7 cm³/mol. The highest BCUT2D eigenvalue weighted by molar-refractivity contribution is 5.87. The van der Waals surface area contributed by atoms with Gasteiger partial charge in [0.15, 0.2) is 0 Å². The summed E-state index contributed by atoms with van der Waals surface area (Å²) in [7, 11) is 0. The second-order valence-electron chi connectivity index (χ2n) is 8.13. The van der Waals surface area contributed by atoms with Crippen LogP contribution in [0, 0.1) is 10.8 Å². The molecular weight excluding hydrogens is 262 g/mol. The molecule has 0 saturated carbocycles. The number of ether oxygens (including phenoxy) is 1. The van der Waals surface area contributed by atoms with Crippen LogP contribution in [0.4, 0.5) is 0 Å². The van der Waals surface area contributed by atoms with Crippen LogP contribution in [0.25, 0.3) is 0 Å². The Kier molecular flexibility index (Phi) is 3.86. The highest BCUT2D eigenvalue weighted by Gasteiger charge is 2.63. The largest absolute Gasteiger partial charge is 0.354 e. The van der Waals surface area contributed by atoms with Crippen LogP contribution in [0.5, 0.6) is 0 Å². The molecule has 0 aromatic carbocycles. The van der Waals surface area contributed by atoms with Gasteiger partial charge in [0, 0.05) is 6.42 Å². The summed E-state index contributed by atoms with van der Waals surface area (Å²) in [5, 5.41) is 0. The molecule has 2 heterocycles. The molecule has 2 saturated heterocycles. The van der Waals surface area contributed by atoms with Crippen LogP contribution in [0.2, 0.25) is 0 Å². The Morgan fingerprint density at radius 1 is 1.52 bits per heavy atom. The molecule has 2 rings (SSSR count). The molecule has 0 aliphatic carbocycles. The van der Waals surface area contributed by atoms with E-state index in [1.54, 1.807) is 0 Å². The average molecular weight is 291 g/mol. The molecule has 3 atom stereocenters. The van der Waals surface area contributed by atoms with E-state index >= 15 is 0 Å². The van der Waals surface area contributed by atoms with Crippen molar-refractivity contribution < 1.29 is 9.53 Å². The van der Waals surface area contributed by atoms with Crippen molar-refractivity contribution in [3.8, 4) is 0 Å². The van der Waals surface area contributed by atoms with Crippen molar-refractivity contribution in [2.45, 2.75) is 65.6 Å². The van der Waals surface area contributed by atoms with E-state index in [2.05, 4.69) is 40.9 Å². The Hall–Kier alpha value is -1.09. The number of allylic oxidation sites excluding steroid dienone is 2. The number of hydrogen-bond acceptors (Lipinski definition) is 2. The summed E-state index contributed by atoms with van der Waals surface area (Å²) < 4.78 is 6.10. The molecule has 3 heteroatoms. The highest BCUT2D eigenvalue weighted by atomic mass is 16.5. The Morgan fingerprint density at radius 2 is 2.14 bits per heavy atom. The molecule has 21 heavy (non-hydrogen) atoms. The van der Waals surface area contributed by atoms with Crippen LogP contribution >= 0.6 is 0 Å². The average Bonchev–Trinajstić information content (AvgIpc) is 2.72. The van der Waals surface area contributed by atoms with Crippen LogP contribution in [0.15, 0.2) is 24.8 Å². The van der Waals surface area contributed by atoms with Crippen LogP contribution in [0.3, 0.4) is 0 Å². The minimum absolute atomic E-state index is 0.0148. The molecular formula is C18H29NO2. The molecule has 0 bridgehead atoms. The second-order valence-corrected chi connectivity index (χ2v) is 8.13. The second kappa shape index (κ2) is 4.98. The van der Waals surface area contributed by atoms with Gasteiger partial charge in [0.2, 0.25) is 5.91 Å². The van der Waals surface area contributed by atoms with Gasteiger partial charge in [0.1, 0.15) is 5.72 Å². The molecule has 0 N–H and O–H groups in total. The van der Waals surface area contributed by atoms with Gasteiger partial charge in [-0.3, -0.25) is 4.79 Å². The first-order chi connectivity index (χ1) is 9.56. The van der Waals surface area contributed by atoms with Gasteiger partial charge in [-0.2, -0.15) is 0 Å². The summed E-state index contributed by atoms with van der Waals surface area (Å²) in [6, 6.07) is 0.131. The van der Waals surface area contributed by atoms with Gasteiger partial charge >= 0.3 is 0 Å². The third kappa shape index (κ3) is 2.57. The summed E-state index contributed by atoms with van der Waals surface area (Å²) in [5.74, 6) is 0.213. The summed E-state index contributed by atoms with van der Waals surface area (Å²) in [4.78, 5) is 15.3. The van der Waals surface area contributed by atoms with E-state index in [4.69, 9.17) is 4.74 Å². The van der Waals surface area contributed by atoms with Gasteiger partial charge < -0.3 is 9.64 Å². The molecule has 0 aromatic heterocycles. The molecule has 0 unspecified atom stereocenters. The third-order valence-corrected chi connectivity index (χ3v) is 4.89. The number of carbonyl (C=O) groups is 1. The Bertz CT molecular complexity index is 476. The van der Waals surface area contributed by atoms with E-state index in [-0.39, 0.29) is 17.4 Å². The van der Waals surface area contributed by atoms with E-state index < -0.39 is 11.1 Å². The van der Waals surface area contributed by atoms with E-state index in [1.807, 2.05) is 17.9 Å². The number of rotatable bonds is 4. The van der Waals surface area contributed by atoms with Gasteiger partial charge in [-0.15, -0.1) is 13.2 Å². The molecule has 0 aromatic rings. The van der Waals surface area contributed by atoms with Gasteiger partial charge in [-0.05, 0) is 32.1 Å². The maximum atomic E-state index is 13.3. The zero-order valence-corrected chi connectivity index (χ0v) is 14.2. The third-order valence-electron chi connectivity index (χ3n) is 4.89. The lowest BCUT2D eigenvalue weighted by Crippen LogP contribution is -2.49. The molecule has 0 spiro atoms. The van der Waals surface area contributed by atoms with Crippen molar-refractivity contribution >= 4 is 5.91 Å². The van der Waals surface area contributed by atoms with Crippen LogP contribution in [-0.4, -0.2) is 29.2 Å². The van der Waals surface area contributed by atoms with Crippen LogP contribution in [-0.2, 0) is 9.53 Å². The summed E-state index contributed by atoms with van der Waals surface area (Å²) in [6.45, 7) is 19.1. The van der Waals surface area contributed by atoms with Crippen molar-refractivity contribution in [2.75, 3.05) is 6.61 Å². The Morgan fingerprint density at radius 3 is 2.62 bits per heavy atom. The zero-order chi connectivity index (χ0) is 16.1. The highest BCUT2D eigenvalue weighted by Crippen LogP contribution is 2.54. The lowest BCUT2D eigenvalue weighted by Gasteiger charge is -2.36. The minimum atomic E-state index is -0.479. The molecule has 2 aliphatic rings. The van der Waals surface area contributed by atoms with E-state index in [1.165, 1.54) is 0 Å². The summed E-state index contributed by atoms with van der Waals surface area (Å²) >= 11 is 0. The molecule has 2 fully saturated rings. The molecule has 1 amide bonds. The topological polar surface area (TPSA) is 29.5 Å². The molecule has 3 nitrogen and oxygen atoms in total. The molecule has 0 radical (unpaired) electrons. The monoisotopic (exact) mass is 291 g/mol. The quantitative estimate of drug-likeness (QED) is 0.735. The first-order valence-electron chi connectivity index (χ1n) is 7.79. The van der Waals surface area contributed by atoms with E-state index in [0.717, 1.165) is 12.0 Å². The number of nitrogens with zero attached hydrogens (tertiary/aromatic N) is 1. The fourth-order valence-corrected chi connectivity index (χ4v) is 4.04. The Labute approximate surface area is 129 Å². The predicted octanol–water partition coefficient (Wildman–Crippen LogP) is 3.91. The fraction of sp³-hybridized carbons (Fsp3) is 0.722. The maximum Gasteiger partial charge on any atom is 0.232 e. The van der Waals surface area contributed by atoms with Crippen molar-refractivity contribution in [1.82, 2.24) is 4.90 Å². The Balaban J connectivity index is 2.41. The van der Waals surface area contributed by atoms with Gasteiger partial charge in [0.05, 0.1) is 18.1 Å². The van der Waals surface area contributed by atoms with E-state index in [0.29, 0.717) is 19.4 Å². The van der Waals surface area contributed by atoms with Crippen molar-refractivity contribution in [3.05, 3.63) is 24.8 Å². The lowest BCUT2D eigenvalue weighted by molar-refractivity contribution is -0.143. The van der Waals surface area contributed by atoms with Crippen molar-refractivity contribution in [1.29, 1.82) is 0 Å². The van der Waals surface area contributed by atoms with Crippen molar-refractivity contribution in [3.63, 3.8) is 0 Å². The summed E-state index contributed by atoms with van der Waals surface area (Å²) in [6.07, 6.45) is 3.98. The summed E-state index contributed by atoms with van der Waals surface area (Å²) in [5.41, 5.74) is 0.156. The molecule has 118 valence electrons. The molecule has 2 aliphatic heterocycles. The minimum Gasteiger partial charge on any atom is -0.354 e. The number of amides is 1. The van der Waals surface area contributed by atoms with Gasteiger partial charge in [0.25, 0.3) is 0 Å². The van der Waals surface area contributed by atoms with Crippen LogP contribution in [0.1, 0.15) is 53.9 Å². The van der Waals surface area contributed by atoms with Gasteiger partial charge in [-0.1, -0.05) is 32.4 Å². The SMILES string of the molecule is C=CC[C@@]1(CC(=C)C)C[C@@]2(C)OC[C@H](C(C)(C)C)N2C1=O. The lowest BCUT2D eigenvalue weighted by atomic mass is 9.76. The first-order valence-corrected chi connectivity index (χ1v) is 7.79. The maximum absolute atomic E-state index is 13.3. The van der Waals surface area contributed by atoms with E-state index in [9.17, 15) is 4.79 Å². The standard InChI is InChI=1S/C18H29NO2/c1-8-9-18(10-13(2)3)12-17(7)19(15(18)20)14(11-21-17)16(4,5)6/h8,14H,1-2,9-12H2,3-7H3/t14-,17-,18-/m1/s1. The smallest absolute Gasteiger partial charge is 0.232 e. The van der Waals surface area contributed by atoms with Crippen molar-refractivity contribution in [2.24, 2.45) is 10.8 Å². The number of carbonyl (C=O) groups excluding carboxylic acids is 1. The fourth-order valence-electron chi connectivity index (χ4n) is 4.04. The number of fused-ring (bicyclic) bond motifs is 1.